The minimum atomic E-state index is -2.64. The van der Waals surface area contributed by atoms with Gasteiger partial charge in [0.1, 0.15) is 17.2 Å². The number of fused-ring (bicyclic) bond motifs is 1. The third kappa shape index (κ3) is 5.60. The summed E-state index contributed by atoms with van der Waals surface area (Å²) in [5, 5.41) is 9.06. The highest BCUT2D eigenvalue weighted by Gasteiger charge is 2.51. The molecule has 1 aliphatic carbocycles. The van der Waals surface area contributed by atoms with Crippen LogP contribution in [0.25, 0.3) is 17.2 Å². The van der Waals surface area contributed by atoms with Crippen LogP contribution in [0.2, 0.25) is 5.04 Å². The summed E-state index contributed by atoms with van der Waals surface area (Å²) in [6.07, 6.45) is 7.87. The highest BCUT2D eigenvalue weighted by molar-refractivity contribution is 6.99. The van der Waals surface area contributed by atoms with Crippen molar-refractivity contribution in [2.24, 2.45) is 5.18 Å². The standard InChI is InChI=1S/C33H35FN6O2Si/c1-33(2,3)43(26-10-6-4-7-11-26,27-12-8-5-9-13-27)42-25-17-15-24(16-18-25)37-31-28(39-41)20-36-32(38-31)29-21-35-30-19-14-23(34)22-40(29)30/h4-14,19-22,24-25H,15-18H2,1-3H3,(H,36,37,38). The number of nitrogens with one attached hydrogen (secondary N) is 1. The molecule has 0 bridgehead atoms. The van der Waals surface area contributed by atoms with Gasteiger partial charge in [0.25, 0.3) is 8.32 Å². The Labute approximate surface area is 251 Å². The summed E-state index contributed by atoms with van der Waals surface area (Å²) in [6.45, 7) is 6.89. The Morgan fingerprint density at radius 2 is 1.56 bits per heavy atom. The zero-order valence-electron chi connectivity index (χ0n) is 24.6. The molecule has 2 aromatic carbocycles. The monoisotopic (exact) mass is 594 g/mol. The minimum absolute atomic E-state index is 0.0851. The van der Waals surface area contributed by atoms with E-state index in [1.807, 2.05) is 0 Å². The van der Waals surface area contributed by atoms with E-state index in [1.165, 1.54) is 28.8 Å². The summed E-state index contributed by atoms with van der Waals surface area (Å²) in [5.41, 5.74) is 1.23. The van der Waals surface area contributed by atoms with Crippen molar-refractivity contribution in [1.29, 1.82) is 0 Å². The summed E-state index contributed by atoms with van der Waals surface area (Å²) in [7, 11) is -2.64. The maximum absolute atomic E-state index is 13.9. The third-order valence-corrected chi connectivity index (χ3v) is 13.4. The largest absolute Gasteiger partial charge is 0.404 e. The molecule has 1 fully saturated rings. The Balaban J connectivity index is 1.22. The van der Waals surface area contributed by atoms with E-state index < -0.39 is 14.1 Å². The van der Waals surface area contributed by atoms with E-state index in [2.05, 4.69) is 107 Å². The summed E-state index contributed by atoms with van der Waals surface area (Å²) < 4.78 is 22.9. The van der Waals surface area contributed by atoms with Crippen molar-refractivity contribution in [3.8, 4) is 11.5 Å². The van der Waals surface area contributed by atoms with E-state index in [9.17, 15) is 9.30 Å². The molecule has 220 valence electrons. The van der Waals surface area contributed by atoms with Crippen LogP contribution >= 0.6 is 0 Å². The van der Waals surface area contributed by atoms with Gasteiger partial charge in [0.05, 0.1) is 12.4 Å². The van der Waals surface area contributed by atoms with Crippen molar-refractivity contribution in [1.82, 2.24) is 19.4 Å². The lowest BCUT2D eigenvalue weighted by Gasteiger charge is -2.46. The molecular weight excluding hydrogens is 559 g/mol. The fraction of sp³-hybridized carbons (Fsp3) is 0.303. The van der Waals surface area contributed by atoms with Gasteiger partial charge in [0.15, 0.2) is 17.3 Å². The molecule has 5 aromatic rings. The van der Waals surface area contributed by atoms with Crippen molar-refractivity contribution < 1.29 is 8.82 Å². The Morgan fingerprint density at radius 1 is 0.907 bits per heavy atom. The maximum Gasteiger partial charge on any atom is 0.261 e. The molecule has 8 nitrogen and oxygen atoms in total. The quantitative estimate of drug-likeness (QED) is 0.160. The molecule has 0 radical (unpaired) electrons. The van der Waals surface area contributed by atoms with Crippen molar-refractivity contribution in [3.05, 3.63) is 102 Å². The van der Waals surface area contributed by atoms with Gasteiger partial charge in [-0.2, -0.15) is 0 Å². The van der Waals surface area contributed by atoms with Crippen molar-refractivity contribution >= 4 is 35.8 Å². The van der Waals surface area contributed by atoms with Gasteiger partial charge in [-0.3, -0.25) is 4.40 Å². The molecule has 6 rings (SSSR count). The first-order valence-electron chi connectivity index (χ1n) is 14.7. The molecule has 0 saturated heterocycles. The number of halogens is 1. The maximum atomic E-state index is 13.9. The van der Waals surface area contributed by atoms with Gasteiger partial charge in [0.2, 0.25) is 0 Å². The Morgan fingerprint density at radius 3 is 2.16 bits per heavy atom. The van der Waals surface area contributed by atoms with E-state index >= 15 is 0 Å². The van der Waals surface area contributed by atoms with Crippen molar-refractivity contribution in [2.45, 2.75) is 63.6 Å². The second-order valence-electron chi connectivity index (χ2n) is 12.1. The van der Waals surface area contributed by atoms with Crippen LogP contribution < -0.4 is 15.7 Å². The number of imidazole rings is 1. The number of pyridine rings is 1. The van der Waals surface area contributed by atoms with Crippen molar-refractivity contribution in [2.75, 3.05) is 5.32 Å². The van der Waals surface area contributed by atoms with Gasteiger partial charge in [-0.15, -0.1) is 4.91 Å². The first-order chi connectivity index (χ1) is 20.8. The number of anilines is 1. The molecule has 0 aliphatic heterocycles. The minimum Gasteiger partial charge on any atom is -0.404 e. The van der Waals surface area contributed by atoms with E-state index in [4.69, 9.17) is 4.43 Å². The lowest BCUT2D eigenvalue weighted by Crippen LogP contribution is -2.67. The topological polar surface area (TPSA) is 93.8 Å². The summed E-state index contributed by atoms with van der Waals surface area (Å²) in [4.78, 5) is 24.9. The van der Waals surface area contributed by atoms with Crippen LogP contribution in [0.15, 0.2) is 96.6 Å². The number of nitroso groups, excluding NO2 is 1. The normalized spacial score (nSPS) is 17.6. The summed E-state index contributed by atoms with van der Waals surface area (Å²) in [5.74, 6) is 0.299. The number of rotatable bonds is 8. The molecule has 1 saturated carbocycles. The molecule has 10 heteroatoms. The zero-order chi connectivity index (χ0) is 30.0. The lowest BCUT2D eigenvalue weighted by atomic mass is 9.93. The summed E-state index contributed by atoms with van der Waals surface area (Å²) >= 11 is 0. The van der Waals surface area contributed by atoms with Crippen molar-refractivity contribution in [3.63, 3.8) is 0 Å². The first-order valence-corrected chi connectivity index (χ1v) is 16.6. The predicted molar refractivity (Wildman–Crippen MR) is 170 cm³/mol. The highest BCUT2D eigenvalue weighted by atomic mass is 28.4. The Kier molecular flexibility index (Phi) is 7.89. The molecule has 0 spiro atoms. The molecule has 43 heavy (non-hydrogen) atoms. The third-order valence-electron chi connectivity index (χ3n) is 8.34. The van der Waals surface area contributed by atoms with E-state index in [1.54, 1.807) is 16.7 Å². The van der Waals surface area contributed by atoms with Crippen LogP contribution in [0.4, 0.5) is 15.9 Å². The Bertz CT molecular complexity index is 1680. The van der Waals surface area contributed by atoms with Crippen LogP contribution in [-0.4, -0.2) is 39.8 Å². The number of hydrogen-bond acceptors (Lipinski definition) is 7. The van der Waals surface area contributed by atoms with Gasteiger partial charge < -0.3 is 9.74 Å². The number of nitrogens with zero attached hydrogens (tertiary/aromatic N) is 5. The second-order valence-corrected chi connectivity index (χ2v) is 16.4. The Hall–Kier alpha value is -4.28. The molecule has 1 N–H and O–H groups in total. The molecular formula is C33H35FN6O2Si. The average Bonchev–Trinajstić information content (AvgIpc) is 3.44. The van der Waals surface area contributed by atoms with Crippen LogP contribution in [0.1, 0.15) is 46.5 Å². The number of hydrogen-bond donors (Lipinski definition) is 1. The summed E-state index contributed by atoms with van der Waals surface area (Å²) in [6, 6.07) is 24.4. The molecule has 0 atom stereocenters. The van der Waals surface area contributed by atoms with E-state index in [0.717, 1.165) is 25.7 Å². The van der Waals surface area contributed by atoms with Crippen LogP contribution in [0, 0.1) is 10.7 Å². The predicted octanol–water partition coefficient (Wildman–Crippen LogP) is 6.63. The second kappa shape index (κ2) is 11.8. The number of benzene rings is 2. The van der Waals surface area contributed by atoms with Gasteiger partial charge in [-0.1, -0.05) is 81.4 Å². The van der Waals surface area contributed by atoms with E-state index in [0.29, 0.717) is 23.0 Å². The SMILES string of the molecule is CC(C)(C)[Si](OC1CCC(Nc2nc(-c3cnc4ccc(F)cn34)ncc2N=O)CC1)(c1ccccc1)c1ccccc1. The van der Waals surface area contributed by atoms with E-state index in [-0.39, 0.29) is 22.9 Å². The van der Waals surface area contributed by atoms with Gasteiger partial charge in [-0.05, 0) is 58.4 Å². The molecule has 3 aromatic heterocycles. The van der Waals surface area contributed by atoms with Crippen LogP contribution in [-0.2, 0) is 4.43 Å². The highest BCUT2D eigenvalue weighted by Crippen LogP contribution is 2.39. The zero-order valence-corrected chi connectivity index (χ0v) is 25.6. The smallest absolute Gasteiger partial charge is 0.261 e. The molecule has 3 heterocycles. The van der Waals surface area contributed by atoms with Crippen LogP contribution in [0.5, 0.6) is 0 Å². The van der Waals surface area contributed by atoms with Gasteiger partial charge in [0, 0.05) is 18.3 Å². The molecule has 1 aliphatic rings. The molecule has 0 unspecified atom stereocenters. The fourth-order valence-electron chi connectivity index (χ4n) is 6.25. The van der Waals surface area contributed by atoms with Crippen LogP contribution in [0.3, 0.4) is 0 Å². The van der Waals surface area contributed by atoms with Gasteiger partial charge >= 0.3 is 0 Å². The lowest BCUT2D eigenvalue weighted by molar-refractivity contribution is 0.138. The number of aromatic nitrogens is 4. The average molecular weight is 595 g/mol. The first kappa shape index (κ1) is 28.8. The van der Waals surface area contributed by atoms with Gasteiger partial charge in [-0.25, -0.2) is 19.3 Å². The fourth-order valence-corrected chi connectivity index (χ4v) is 11.0. The molecule has 0 amide bonds.